The summed E-state index contributed by atoms with van der Waals surface area (Å²) in [5, 5.41) is 17.0. The zero-order chi connectivity index (χ0) is 16.8. The molecule has 23 heavy (non-hydrogen) atoms. The van der Waals surface area contributed by atoms with Crippen molar-refractivity contribution in [3.8, 4) is 5.69 Å². The Kier molecular flexibility index (Phi) is 5.69. The molecular formula is C14H18N6O2S. The van der Waals surface area contributed by atoms with E-state index in [2.05, 4.69) is 26.2 Å². The minimum atomic E-state index is -0.256. The molecule has 0 fully saturated rings. The lowest BCUT2D eigenvalue weighted by Gasteiger charge is -2.07. The van der Waals surface area contributed by atoms with Crippen molar-refractivity contribution in [3.05, 3.63) is 29.3 Å². The Labute approximate surface area is 138 Å². The zero-order valence-corrected chi connectivity index (χ0v) is 14.0. The van der Waals surface area contributed by atoms with Crippen molar-refractivity contribution in [2.24, 2.45) is 0 Å². The molecule has 0 unspecified atom stereocenters. The summed E-state index contributed by atoms with van der Waals surface area (Å²) < 4.78 is 1.59. The average Bonchev–Trinajstić information content (AvgIpc) is 3.01. The van der Waals surface area contributed by atoms with Crippen LogP contribution in [0.5, 0.6) is 0 Å². The van der Waals surface area contributed by atoms with Crippen LogP contribution in [0.3, 0.4) is 0 Å². The Balaban J connectivity index is 2.00. The summed E-state index contributed by atoms with van der Waals surface area (Å²) in [6.07, 6.45) is 0. The van der Waals surface area contributed by atoms with Gasteiger partial charge < -0.3 is 10.6 Å². The fourth-order valence-electron chi connectivity index (χ4n) is 1.74. The summed E-state index contributed by atoms with van der Waals surface area (Å²) in [6, 6.07) is 5.91. The molecule has 1 heterocycles. The molecule has 0 spiro atoms. The van der Waals surface area contributed by atoms with Crippen molar-refractivity contribution in [1.29, 1.82) is 0 Å². The largest absolute Gasteiger partial charge is 0.358 e. The standard InChI is InChI=1S/C14H18N6O2S/c1-9-4-5-11(6-10(9)2)20-14(17-18-19-20)23-8-13(22)16-7-12(21)15-3/h4-6H,7-8H2,1-3H3,(H,15,21)(H,16,22). The molecule has 8 nitrogen and oxygen atoms in total. The van der Waals surface area contributed by atoms with Crippen LogP contribution in [0.1, 0.15) is 11.1 Å². The minimum absolute atomic E-state index is 0.0437. The normalized spacial score (nSPS) is 10.4. The fraction of sp³-hybridized carbons (Fsp3) is 0.357. The Morgan fingerprint density at radius 1 is 1.22 bits per heavy atom. The zero-order valence-electron chi connectivity index (χ0n) is 13.2. The third-order valence-corrected chi connectivity index (χ3v) is 4.15. The van der Waals surface area contributed by atoms with Gasteiger partial charge in [-0.1, -0.05) is 17.8 Å². The highest BCUT2D eigenvalue weighted by atomic mass is 32.2. The molecule has 2 amide bonds. The molecule has 0 bridgehead atoms. The number of hydrogen-bond acceptors (Lipinski definition) is 6. The molecule has 1 aromatic heterocycles. The van der Waals surface area contributed by atoms with Gasteiger partial charge in [-0.15, -0.1) is 5.10 Å². The van der Waals surface area contributed by atoms with Crippen molar-refractivity contribution in [2.45, 2.75) is 19.0 Å². The van der Waals surface area contributed by atoms with E-state index in [0.717, 1.165) is 11.3 Å². The van der Waals surface area contributed by atoms with Crippen molar-refractivity contribution < 1.29 is 9.59 Å². The van der Waals surface area contributed by atoms with E-state index in [-0.39, 0.29) is 24.1 Å². The molecule has 0 saturated carbocycles. The number of tetrazole rings is 1. The molecule has 0 atom stereocenters. The number of nitrogens with one attached hydrogen (secondary N) is 2. The molecule has 1 aromatic carbocycles. The lowest BCUT2D eigenvalue weighted by atomic mass is 10.1. The summed E-state index contributed by atoms with van der Waals surface area (Å²) in [5.74, 6) is -0.376. The second-order valence-corrected chi connectivity index (χ2v) is 5.82. The average molecular weight is 334 g/mol. The van der Waals surface area contributed by atoms with E-state index < -0.39 is 0 Å². The lowest BCUT2D eigenvalue weighted by Crippen LogP contribution is -2.36. The summed E-state index contributed by atoms with van der Waals surface area (Å²) in [7, 11) is 1.51. The molecule has 2 rings (SSSR count). The highest BCUT2D eigenvalue weighted by Crippen LogP contribution is 2.19. The van der Waals surface area contributed by atoms with Crippen LogP contribution in [0.15, 0.2) is 23.4 Å². The molecule has 0 aliphatic heterocycles. The first-order valence-corrected chi connectivity index (χ1v) is 7.96. The number of likely N-dealkylation sites (N-methyl/N-ethyl adjacent to an activating group) is 1. The van der Waals surface area contributed by atoms with Crippen LogP contribution in [0.2, 0.25) is 0 Å². The molecule has 0 aliphatic rings. The molecule has 2 aromatic rings. The van der Waals surface area contributed by atoms with E-state index in [1.807, 2.05) is 32.0 Å². The number of hydrogen-bond donors (Lipinski definition) is 2. The van der Waals surface area contributed by atoms with Gasteiger partial charge in [0.05, 0.1) is 18.0 Å². The Bertz CT molecular complexity index is 715. The Morgan fingerprint density at radius 2 is 2.00 bits per heavy atom. The van der Waals surface area contributed by atoms with E-state index in [1.54, 1.807) is 4.68 Å². The first-order chi connectivity index (χ1) is 11.0. The second kappa shape index (κ2) is 7.73. The van der Waals surface area contributed by atoms with Crippen LogP contribution >= 0.6 is 11.8 Å². The monoisotopic (exact) mass is 334 g/mol. The Morgan fingerprint density at radius 3 is 2.70 bits per heavy atom. The molecule has 2 N–H and O–H groups in total. The Hall–Kier alpha value is -2.42. The van der Waals surface area contributed by atoms with Gasteiger partial charge in [-0.2, -0.15) is 4.68 Å². The van der Waals surface area contributed by atoms with Crippen LogP contribution in [0.25, 0.3) is 5.69 Å². The van der Waals surface area contributed by atoms with E-state index in [9.17, 15) is 9.59 Å². The van der Waals surface area contributed by atoms with E-state index >= 15 is 0 Å². The highest BCUT2D eigenvalue weighted by molar-refractivity contribution is 7.99. The molecule has 9 heteroatoms. The molecule has 122 valence electrons. The number of aromatic nitrogens is 4. The summed E-state index contributed by atoms with van der Waals surface area (Å²) in [6.45, 7) is 4.01. The number of amides is 2. The van der Waals surface area contributed by atoms with Gasteiger partial charge >= 0.3 is 0 Å². The molecule has 0 saturated heterocycles. The fourth-order valence-corrected chi connectivity index (χ4v) is 2.46. The SMILES string of the molecule is CNC(=O)CNC(=O)CSc1nnnn1-c1ccc(C)c(C)c1. The highest BCUT2D eigenvalue weighted by Gasteiger charge is 2.12. The van der Waals surface area contributed by atoms with Gasteiger partial charge in [-0.25, -0.2) is 0 Å². The maximum absolute atomic E-state index is 11.7. The van der Waals surface area contributed by atoms with Crippen molar-refractivity contribution in [2.75, 3.05) is 19.3 Å². The summed E-state index contributed by atoms with van der Waals surface area (Å²) in [4.78, 5) is 22.8. The first-order valence-electron chi connectivity index (χ1n) is 6.97. The third-order valence-electron chi connectivity index (χ3n) is 3.23. The van der Waals surface area contributed by atoms with Gasteiger partial charge in [0, 0.05) is 7.05 Å². The van der Waals surface area contributed by atoms with Crippen molar-refractivity contribution in [1.82, 2.24) is 30.8 Å². The lowest BCUT2D eigenvalue weighted by molar-refractivity contribution is -0.124. The number of nitrogens with zero attached hydrogens (tertiary/aromatic N) is 4. The molecule has 0 radical (unpaired) electrons. The second-order valence-electron chi connectivity index (χ2n) is 4.88. The van der Waals surface area contributed by atoms with Crippen molar-refractivity contribution in [3.63, 3.8) is 0 Å². The van der Waals surface area contributed by atoms with Gasteiger partial charge in [0.1, 0.15) is 0 Å². The maximum atomic E-state index is 11.7. The van der Waals surface area contributed by atoms with E-state index in [4.69, 9.17) is 0 Å². The number of thioether (sulfide) groups is 1. The number of aryl methyl sites for hydroxylation is 2. The topological polar surface area (TPSA) is 102 Å². The van der Waals surface area contributed by atoms with Gasteiger partial charge in [-0.3, -0.25) is 9.59 Å². The van der Waals surface area contributed by atoms with Gasteiger partial charge in [0.15, 0.2) is 0 Å². The number of carbonyl (C=O) groups excluding carboxylic acids is 2. The maximum Gasteiger partial charge on any atom is 0.239 e. The number of benzene rings is 1. The van der Waals surface area contributed by atoms with E-state index in [0.29, 0.717) is 5.16 Å². The van der Waals surface area contributed by atoms with Gasteiger partial charge in [0.2, 0.25) is 17.0 Å². The van der Waals surface area contributed by atoms with Gasteiger partial charge in [-0.05, 0) is 47.5 Å². The minimum Gasteiger partial charge on any atom is -0.358 e. The number of rotatable bonds is 6. The van der Waals surface area contributed by atoms with Crippen LogP contribution in [-0.2, 0) is 9.59 Å². The number of carbonyl (C=O) groups is 2. The van der Waals surface area contributed by atoms with Crippen LogP contribution in [0.4, 0.5) is 0 Å². The van der Waals surface area contributed by atoms with Crippen LogP contribution < -0.4 is 10.6 Å². The van der Waals surface area contributed by atoms with Crippen LogP contribution in [-0.4, -0.2) is 51.4 Å². The summed E-state index contributed by atoms with van der Waals surface area (Å²) >= 11 is 1.21. The molecular weight excluding hydrogens is 316 g/mol. The third kappa shape index (κ3) is 4.52. The van der Waals surface area contributed by atoms with Crippen LogP contribution in [0, 0.1) is 13.8 Å². The first kappa shape index (κ1) is 16.9. The predicted molar refractivity (Wildman–Crippen MR) is 86.4 cm³/mol. The molecule has 0 aliphatic carbocycles. The van der Waals surface area contributed by atoms with Gasteiger partial charge in [0.25, 0.3) is 0 Å². The van der Waals surface area contributed by atoms with E-state index in [1.165, 1.54) is 24.4 Å². The van der Waals surface area contributed by atoms with Crippen molar-refractivity contribution >= 4 is 23.6 Å². The summed E-state index contributed by atoms with van der Waals surface area (Å²) in [5.41, 5.74) is 3.16. The quantitative estimate of drug-likeness (QED) is 0.734. The predicted octanol–water partition coefficient (Wildman–Crippen LogP) is 0.233. The smallest absolute Gasteiger partial charge is 0.239 e.